The SMILES string of the molecule is Cc1ccc(-c2nc3ccc(C)cn3c2CC(=O)N(C)CCN2CCCCC2)cc1. The highest BCUT2D eigenvalue weighted by Gasteiger charge is 2.20. The second-order valence-corrected chi connectivity index (χ2v) is 8.60. The van der Waals surface area contributed by atoms with Crippen molar-refractivity contribution in [2.75, 3.05) is 33.2 Å². The number of hydrogen-bond acceptors (Lipinski definition) is 3. The number of rotatable bonds is 6. The van der Waals surface area contributed by atoms with Gasteiger partial charge in [0, 0.05) is 31.9 Å². The lowest BCUT2D eigenvalue weighted by Gasteiger charge is -2.28. The Morgan fingerprint density at radius 3 is 2.43 bits per heavy atom. The highest BCUT2D eigenvalue weighted by molar-refractivity contribution is 5.81. The van der Waals surface area contributed by atoms with Crippen LogP contribution in [-0.2, 0) is 11.2 Å². The number of nitrogens with zero attached hydrogens (tertiary/aromatic N) is 4. The number of fused-ring (bicyclic) bond motifs is 1. The van der Waals surface area contributed by atoms with Gasteiger partial charge in [-0.25, -0.2) is 4.98 Å². The third kappa shape index (κ3) is 4.57. The van der Waals surface area contributed by atoms with Crippen LogP contribution >= 0.6 is 0 Å². The van der Waals surface area contributed by atoms with Gasteiger partial charge in [0.05, 0.1) is 17.8 Å². The van der Waals surface area contributed by atoms with E-state index in [4.69, 9.17) is 4.98 Å². The van der Waals surface area contributed by atoms with E-state index in [9.17, 15) is 4.79 Å². The Kier molecular flexibility index (Phi) is 6.18. The number of benzene rings is 1. The third-order valence-electron chi connectivity index (χ3n) is 6.14. The quantitative estimate of drug-likeness (QED) is 0.621. The molecule has 158 valence electrons. The molecule has 0 spiro atoms. The van der Waals surface area contributed by atoms with Gasteiger partial charge in [-0.15, -0.1) is 0 Å². The molecule has 1 amide bonds. The second kappa shape index (κ2) is 9.00. The number of piperidine rings is 1. The van der Waals surface area contributed by atoms with Crippen LogP contribution < -0.4 is 0 Å². The van der Waals surface area contributed by atoms with Crippen molar-refractivity contribution < 1.29 is 4.79 Å². The zero-order valence-corrected chi connectivity index (χ0v) is 18.4. The molecule has 1 aromatic carbocycles. The van der Waals surface area contributed by atoms with Crippen molar-refractivity contribution in [2.24, 2.45) is 0 Å². The van der Waals surface area contributed by atoms with E-state index in [1.807, 2.05) is 18.0 Å². The van der Waals surface area contributed by atoms with Crippen LogP contribution in [0.15, 0.2) is 42.6 Å². The molecule has 3 heterocycles. The fourth-order valence-electron chi connectivity index (χ4n) is 4.19. The summed E-state index contributed by atoms with van der Waals surface area (Å²) in [4.78, 5) is 22.3. The number of carbonyl (C=O) groups is 1. The molecular formula is C25H32N4O. The second-order valence-electron chi connectivity index (χ2n) is 8.60. The minimum atomic E-state index is 0.142. The average molecular weight is 405 g/mol. The first kappa shape index (κ1) is 20.6. The maximum Gasteiger partial charge on any atom is 0.228 e. The predicted octanol–water partition coefficient (Wildman–Crippen LogP) is 4.10. The molecule has 1 saturated heterocycles. The molecule has 0 radical (unpaired) electrons. The van der Waals surface area contributed by atoms with Crippen LogP contribution in [0.2, 0.25) is 0 Å². The molecule has 0 N–H and O–H groups in total. The van der Waals surface area contributed by atoms with Crippen LogP contribution in [0.4, 0.5) is 0 Å². The van der Waals surface area contributed by atoms with E-state index < -0.39 is 0 Å². The van der Waals surface area contributed by atoms with E-state index in [-0.39, 0.29) is 5.91 Å². The lowest BCUT2D eigenvalue weighted by atomic mass is 10.1. The summed E-state index contributed by atoms with van der Waals surface area (Å²) in [5, 5.41) is 0. The number of hydrogen-bond donors (Lipinski definition) is 0. The number of pyridine rings is 1. The number of likely N-dealkylation sites (tertiary alicyclic amines) is 1. The van der Waals surface area contributed by atoms with Gasteiger partial charge in [-0.05, 0) is 51.4 Å². The number of carbonyl (C=O) groups excluding carboxylic acids is 1. The Balaban J connectivity index is 1.57. The van der Waals surface area contributed by atoms with E-state index in [1.165, 1.54) is 24.8 Å². The van der Waals surface area contributed by atoms with Gasteiger partial charge in [0.1, 0.15) is 5.65 Å². The predicted molar refractivity (Wildman–Crippen MR) is 122 cm³/mol. The van der Waals surface area contributed by atoms with Crippen LogP contribution in [0.3, 0.4) is 0 Å². The molecule has 1 aliphatic rings. The molecule has 30 heavy (non-hydrogen) atoms. The van der Waals surface area contributed by atoms with E-state index in [2.05, 4.69) is 59.7 Å². The number of aryl methyl sites for hydroxylation is 2. The summed E-state index contributed by atoms with van der Waals surface area (Å²) in [6.07, 6.45) is 6.32. The van der Waals surface area contributed by atoms with Crippen molar-refractivity contribution >= 4 is 11.6 Å². The number of aromatic nitrogens is 2. The molecule has 3 aromatic rings. The summed E-state index contributed by atoms with van der Waals surface area (Å²) in [5.74, 6) is 0.142. The van der Waals surface area contributed by atoms with Crippen molar-refractivity contribution in [3.8, 4) is 11.3 Å². The van der Waals surface area contributed by atoms with Crippen molar-refractivity contribution in [1.29, 1.82) is 0 Å². The molecule has 0 aliphatic carbocycles. The van der Waals surface area contributed by atoms with Crippen molar-refractivity contribution in [3.63, 3.8) is 0 Å². The lowest BCUT2D eigenvalue weighted by molar-refractivity contribution is -0.129. The van der Waals surface area contributed by atoms with Crippen molar-refractivity contribution in [3.05, 3.63) is 59.4 Å². The summed E-state index contributed by atoms with van der Waals surface area (Å²) in [6.45, 7) is 8.20. The van der Waals surface area contributed by atoms with Gasteiger partial charge in [0.15, 0.2) is 0 Å². The van der Waals surface area contributed by atoms with Crippen LogP contribution in [0.5, 0.6) is 0 Å². The minimum Gasteiger partial charge on any atom is -0.344 e. The summed E-state index contributed by atoms with van der Waals surface area (Å²) in [6, 6.07) is 12.5. The van der Waals surface area contributed by atoms with Crippen molar-refractivity contribution in [2.45, 2.75) is 39.5 Å². The first-order chi connectivity index (χ1) is 14.5. The number of likely N-dealkylation sites (N-methyl/N-ethyl adjacent to an activating group) is 1. The largest absolute Gasteiger partial charge is 0.344 e. The van der Waals surface area contributed by atoms with Crippen LogP contribution in [0.25, 0.3) is 16.9 Å². The molecule has 2 aromatic heterocycles. The molecular weight excluding hydrogens is 372 g/mol. The van der Waals surface area contributed by atoms with E-state index in [0.717, 1.165) is 54.3 Å². The molecule has 1 aliphatic heterocycles. The first-order valence-corrected chi connectivity index (χ1v) is 11.0. The van der Waals surface area contributed by atoms with Gasteiger partial charge in [0.2, 0.25) is 5.91 Å². The number of amides is 1. The molecule has 0 unspecified atom stereocenters. The zero-order chi connectivity index (χ0) is 21.1. The van der Waals surface area contributed by atoms with Gasteiger partial charge in [0.25, 0.3) is 0 Å². The smallest absolute Gasteiger partial charge is 0.228 e. The Morgan fingerprint density at radius 2 is 1.70 bits per heavy atom. The summed E-state index contributed by atoms with van der Waals surface area (Å²) < 4.78 is 2.08. The standard InChI is InChI=1S/C25H32N4O/c1-19-7-10-21(11-8-19)25-22(29-18-20(2)9-12-23(29)26-25)17-24(30)27(3)15-16-28-13-5-4-6-14-28/h7-12,18H,4-6,13-17H2,1-3H3. The summed E-state index contributed by atoms with van der Waals surface area (Å²) in [5.41, 5.74) is 6.18. The van der Waals surface area contributed by atoms with Gasteiger partial charge in [-0.1, -0.05) is 42.3 Å². The van der Waals surface area contributed by atoms with Crippen LogP contribution in [0.1, 0.15) is 36.1 Å². The fraction of sp³-hybridized carbons (Fsp3) is 0.440. The minimum absolute atomic E-state index is 0.142. The highest BCUT2D eigenvalue weighted by Crippen LogP contribution is 2.26. The monoisotopic (exact) mass is 404 g/mol. The molecule has 0 atom stereocenters. The van der Waals surface area contributed by atoms with Crippen LogP contribution in [0, 0.1) is 13.8 Å². The molecule has 5 nitrogen and oxygen atoms in total. The van der Waals surface area contributed by atoms with E-state index in [1.54, 1.807) is 0 Å². The lowest BCUT2D eigenvalue weighted by Crippen LogP contribution is -2.39. The Bertz CT molecular complexity index is 1020. The van der Waals surface area contributed by atoms with E-state index in [0.29, 0.717) is 6.42 Å². The molecule has 1 fully saturated rings. The Hall–Kier alpha value is -2.66. The van der Waals surface area contributed by atoms with Gasteiger partial charge in [-0.3, -0.25) is 4.79 Å². The average Bonchev–Trinajstić information content (AvgIpc) is 3.10. The highest BCUT2D eigenvalue weighted by atomic mass is 16.2. The van der Waals surface area contributed by atoms with Crippen LogP contribution in [-0.4, -0.2) is 58.3 Å². The van der Waals surface area contributed by atoms with Gasteiger partial charge < -0.3 is 14.2 Å². The van der Waals surface area contributed by atoms with Crippen molar-refractivity contribution in [1.82, 2.24) is 19.2 Å². The zero-order valence-electron chi connectivity index (χ0n) is 18.4. The van der Waals surface area contributed by atoms with Gasteiger partial charge >= 0.3 is 0 Å². The fourth-order valence-corrected chi connectivity index (χ4v) is 4.19. The third-order valence-corrected chi connectivity index (χ3v) is 6.14. The maximum absolute atomic E-state index is 13.1. The molecule has 5 heteroatoms. The van der Waals surface area contributed by atoms with E-state index >= 15 is 0 Å². The summed E-state index contributed by atoms with van der Waals surface area (Å²) >= 11 is 0. The van der Waals surface area contributed by atoms with Gasteiger partial charge in [-0.2, -0.15) is 0 Å². The molecule has 4 rings (SSSR count). The maximum atomic E-state index is 13.1. The Labute approximate surface area is 179 Å². The first-order valence-electron chi connectivity index (χ1n) is 11.0. The number of imidazole rings is 1. The normalized spacial score (nSPS) is 14.9. The topological polar surface area (TPSA) is 40.9 Å². The molecule has 0 bridgehead atoms. The molecule has 0 saturated carbocycles. The summed E-state index contributed by atoms with van der Waals surface area (Å²) in [7, 11) is 1.92. The Morgan fingerprint density at radius 1 is 1.00 bits per heavy atom.